The van der Waals surface area contributed by atoms with E-state index in [0.29, 0.717) is 0 Å². The highest BCUT2D eigenvalue weighted by Gasteiger charge is 2.25. The van der Waals surface area contributed by atoms with Crippen LogP contribution in [0.5, 0.6) is 0 Å². The molecule has 2 N–H and O–H groups in total. The summed E-state index contributed by atoms with van der Waals surface area (Å²) in [5.41, 5.74) is 0. The van der Waals surface area contributed by atoms with E-state index in [1.165, 1.54) is 0 Å². The maximum atomic E-state index is 11.6. The van der Waals surface area contributed by atoms with Crippen molar-refractivity contribution < 1.29 is 4.79 Å². The monoisotopic (exact) mass is 269 g/mol. The minimum absolute atomic E-state index is 0.112. The van der Waals surface area contributed by atoms with E-state index in [9.17, 15) is 4.79 Å². The van der Waals surface area contributed by atoms with E-state index in [1.807, 2.05) is 7.05 Å². The fourth-order valence-corrected chi connectivity index (χ4v) is 2.96. The third kappa shape index (κ3) is 3.17. The number of anilines is 1. The summed E-state index contributed by atoms with van der Waals surface area (Å²) in [6.45, 7) is 2.63. The van der Waals surface area contributed by atoms with Gasteiger partial charge in [-0.2, -0.15) is 0 Å². The summed E-state index contributed by atoms with van der Waals surface area (Å²) >= 11 is 1.57. The van der Waals surface area contributed by atoms with E-state index in [1.54, 1.807) is 18.4 Å². The quantitative estimate of drug-likeness (QED) is 0.835. The molecule has 0 spiro atoms. The molecule has 0 aliphatic carbocycles. The van der Waals surface area contributed by atoms with E-state index in [4.69, 9.17) is 0 Å². The second-order valence-corrected chi connectivity index (χ2v) is 5.50. The molecule has 0 radical (unpaired) electrons. The normalized spacial score (nSPS) is 20.7. The largest absolute Gasteiger partial charge is 0.363 e. The van der Waals surface area contributed by atoms with Crippen LogP contribution in [0.2, 0.25) is 0 Å². The van der Waals surface area contributed by atoms with Crippen LogP contribution in [0.4, 0.5) is 5.13 Å². The molecular weight excluding hydrogens is 250 g/mol. The lowest BCUT2D eigenvalue weighted by atomic mass is 9.97. The van der Waals surface area contributed by atoms with Gasteiger partial charge < -0.3 is 10.6 Å². The van der Waals surface area contributed by atoms with Crippen LogP contribution >= 0.6 is 11.3 Å². The van der Waals surface area contributed by atoms with Gasteiger partial charge in [0.25, 0.3) is 0 Å². The summed E-state index contributed by atoms with van der Waals surface area (Å²) in [7, 11) is 3.54. The Hall–Kier alpha value is -1.21. The molecule has 1 atom stereocenters. The lowest BCUT2D eigenvalue weighted by molar-refractivity contribution is -0.126. The fraction of sp³-hybridized carbons (Fsp3) is 0.727. The summed E-state index contributed by atoms with van der Waals surface area (Å²) in [6, 6.07) is 0. The summed E-state index contributed by atoms with van der Waals surface area (Å²) in [5, 5.41) is 15.7. The van der Waals surface area contributed by atoms with Crippen LogP contribution in [-0.2, 0) is 11.3 Å². The lowest BCUT2D eigenvalue weighted by Gasteiger charge is -2.30. The number of nitrogens with zero attached hydrogens (tertiary/aromatic N) is 3. The van der Waals surface area contributed by atoms with Crippen molar-refractivity contribution in [2.24, 2.45) is 5.92 Å². The topological polar surface area (TPSA) is 70.2 Å². The van der Waals surface area contributed by atoms with E-state index < -0.39 is 0 Å². The molecule has 0 bridgehead atoms. The van der Waals surface area contributed by atoms with Crippen LogP contribution in [0.3, 0.4) is 0 Å². The first-order chi connectivity index (χ1) is 8.72. The predicted octanol–water partition coefficient (Wildman–Crippen LogP) is 0.538. The zero-order valence-electron chi connectivity index (χ0n) is 10.8. The molecular formula is C11H19N5OS. The number of carbonyl (C=O) groups excluding carboxylic acids is 1. The number of aromatic nitrogens is 2. The average molecular weight is 269 g/mol. The number of piperidine rings is 1. The molecule has 1 saturated heterocycles. The third-order valence-corrected chi connectivity index (χ3v) is 4.09. The standard InChI is InChI=1S/C11H19N5OS/c1-12-10(17)8-4-3-5-16(6-8)7-9-14-15-11(13-2)18-9/h8H,3-7H2,1-2H3,(H,12,17)(H,13,15). The highest BCUT2D eigenvalue weighted by atomic mass is 32.1. The molecule has 2 rings (SSSR count). The summed E-state index contributed by atoms with van der Waals surface area (Å²) in [4.78, 5) is 13.9. The number of hydrogen-bond acceptors (Lipinski definition) is 6. The van der Waals surface area contributed by atoms with Gasteiger partial charge in [-0.05, 0) is 19.4 Å². The van der Waals surface area contributed by atoms with E-state index in [2.05, 4.69) is 25.7 Å². The third-order valence-electron chi connectivity index (χ3n) is 3.16. The second-order valence-electron chi connectivity index (χ2n) is 4.44. The van der Waals surface area contributed by atoms with Crippen molar-refractivity contribution in [1.82, 2.24) is 20.4 Å². The molecule has 18 heavy (non-hydrogen) atoms. The highest BCUT2D eigenvalue weighted by molar-refractivity contribution is 7.15. The summed E-state index contributed by atoms with van der Waals surface area (Å²) in [6.07, 6.45) is 2.05. The zero-order valence-corrected chi connectivity index (χ0v) is 11.6. The van der Waals surface area contributed by atoms with Crippen molar-refractivity contribution in [3.8, 4) is 0 Å². The molecule has 1 aromatic heterocycles. The van der Waals surface area contributed by atoms with Gasteiger partial charge >= 0.3 is 0 Å². The van der Waals surface area contributed by atoms with Crippen molar-refractivity contribution in [2.75, 3.05) is 32.5 Å². The van der Waals surface area contributed by atoms with Gasteiger partial charge in [-0.3, -0.25) is 9.69 Å². The molecule has 100 valence electrons. The minimum Gasteiger partial charge on any atom is -0.363 e. The minimum atomic E-state index is 0.112. The molecule has 1 aliphatic rings. The Balaban J connectivity index is 1.91. The van der Waals surface area contributed by atoms with Crippen molar-refractivity contribution in [2.45, 2.75) is 19.4 Å². The number of rotatable bonds is 4. The van der Waals surface area contributed by atoms with E-state index >= 15 is 0 Å². The summed E-state index contributed by atoms with van der Waals surface area (Å²) < 4.78 is 0. The Kier molecular flexibility index (Phi) is 4.48. The number of carbonyl (C=O) groups is 1. The van der Waals surface area contributed by atoms with Crippen LogP contribution < -0.4 is 10.6 Å². The van der Waals surface area contributed by atoms with Crippen LogP contribution in [0.1, 0.15) is 17.8 Å². The van der Waals surface area contributed by atoms with Crippen LogP contribution in [0, 0.1) is 5.92 Å². The first kappa shape index (κ1) is 13.2. The molecule has 2 heterocycles. The van der Waals surface area contributed by atoms with E-state index in [0.717, 1.165) is 42.6 Å². The van der Waals surface area contributed by atoms with Crippen LogP contribution in [0.15, 0.2) is 0 Å². The number of amides is 1. The number of likely N-dealkylation sites (tertiary alicyclic amines) is 1. The Bertz CT molecular complexity index is 408. The van der Waals surface area contributed by atoms with Gasteiger partial charge in [0.05, 0.1) is 12.5 Å². The van der Waals surface area contributed by atoms with Crippen molar-refractivity contribution in [1.29, 1.82) is 0 Å². The van der Waals surface area contributed by atoms with Gasteiger partial charge in [-0.1, -0.05) is 11.3 Å². The van der Waals surface area contributed by atoms with Gasteiger partial charge in [0.15, 0.2) is 0 Å². The van der Waals surface area contributed by atoms with Gasteiger partial charge in [-0.25, -0.2) is 0 Å². The van der Waals surface area contributed by atoms with Crippen molar-refractivity contribution >= 4 is 22.4 Å². The van der Waals surface area contributed by atoms with Gasteiger partial charge in [-0.15, -0.1) is 10.2 Å². The molecule has 1 fully saturated rings. The Morgan fingerprint density at radius 2 is 2.33 bits per heavy atom. The fourth-order valence-electron chi connectivity index (χ4n) is 2.23. The summed E-state index contributed by atoms with van der Waals surface area (Å²) in [5.74, 6) is 0.258. The second kappa shape index (κ2) is 6.10. The van der Waals surface area contributed by atoms with Crippen LogP contribution in [0.25, 0.3) is 0 Å². The zero-order chi connectivity index (χ0) is 13.0. The first-order valence-electron chi connectivity index (χ1n) is 6.17. The molecule has 0 aromatic carbocycles. The molecule has 0 saturated carbocycles. The van der Waals surface area contributed by atoms with Crippen LogP contribution in [-0.4, -0.2) is 48.2 Å². The lowest BCUT2D eigenvalue weighted by Crippen LogP contribution is -2.41. The number of hydrogen-bond donors (Lipinski definition) is 2. The molecule has 1 aliphatic heterocycles. The molecule has 6 nitrogen and oxygen atoms in total. The van der Waals surface area contributed by atoms with Gasteiger partial charge in [0.2, 0.25) is 11.0 Å². The van der Waals surface area contributed by atoms with Gasteiger partial charge in [0.1, 0.15) is 5.01 Å². The maximum absolute atomic E-state index is 11.6. The molecule has 7 heteroatoms. The van der Waals surface area contributed by atoms with E-state index in [-0.39, 0.29) is 11.8 Å². The Labute approximate surface area is 111 Å². The Morgan fingerprint density at radius 1 is 1.50 bits per heavy atom. The first-order valence-corrected chi connectivity index (χ1v) is 6.98. The number of nitrogens with one attached hydrogen (secondary N) is 2. The smallest absolute Gasteiger partial charge is 0.224 e. The predicted molar refractivity (Wildman–Crippen MR) is 71.5 cm³/mol. The molecule has 1 aromatic rings. The maximum Gasteiger partial charge on any atom is 0.224 e. The molecule has 1 amide bonds. The average Bonchev–Trinajstić information content (AvgIpc) is 2.86. The highest BCUT2D eigenvalue weighted by Crippen LogP contribution is 2.21. The van der Waals surface area contributed by atoms with Gasteiger partial charge in [0, 0.05) is 20.6 Å². The van der Waals surface area contributed by atoms with Crippen molar-refractivity contribution in [3.05, 3.63) is 5.01 Å². The Morgan fingerprint density at radius 3 is 3.00 bits per heavy atom. The molecule has 1 unspecified atom stereocenters. The SMILES string of the molecule is CNC(=O)C1CCCN(Cc2nnc(NC)s2)C1. The van der Waals surface area contributed by atoms with Crippen molar-refractivity contribution in [3.63, 3.8) is 0 Å².